The molecule has 0 atom stereocenters. The molecule has 0 radical (unpaired) electrons. The van der Waals surface area contributed by atoms with Gasteiger partial charge < -0.3 is 9.47 Å². The van der Waals surface area contributed by atoms with Gasteiger partial charge in [0.25, 0.3) is 0 Å². The fraction of sp³-hybridized carbons (Fsp3) is 0.700. The minimum Gasteiger partial charge on any atom is -0.460 e. The van der Waals surface area contributed by atoms with Crippen molar-refractivity contribution in [3.8, 4) is 0 Å². The molecule has 13 heavy (non-hydrogen) atoms. The molecule has 0 heterocycles. The Kier molecular flexibility index (Phi) is 4.54. The minimum absolute atomic E-state index is 0.0819. The Morgan fingerprint density at radius 3 is 2.77 bits per heavy atom. The molecule has 3 heteroatoms. The first-order chi connectivity index (χ1) is 6.33. The maximum absolute atomic E-state index is 11.0. The van der Waals surface area contributed by atoms with Gasteiger partial charge in [0, 0.05) is 0 Å². The molecule has 1 rings (SSSR count). The van der Waals surface area contributed by atoms with Gasteiger partial charge in [0.2, 0.25) is 0 Å². The first-order valence-corrected chi connectivity index (χ1v) is 4.71. The second kappa shape index (κ2) is 5.75. The summed E-state index contributed by atoms with van der Waals surface area (Å²) >= 11 is 0. The Balaban J connectivity index is 2.03. The molecule has 0 bridgehead atoms. The molecule has 0 N–H and O–H groups in total. The van der Waals surface area contributed by atoms with E-state index in [9.17, 15) is 4.79 Å². The number of carbonyl (C=O) groups excluding carboxylic acids is 1. The van der Waals surface area contributed by atoms with Crippen LogP contribution in [0.1, 0.15) is 25.7 Å². The normalized spacial score (nSPS) is 17.2. The van der Waals surface area contributed by atoms with Crippen LogP contribution in [0.5, 0.6) is 0 Å². The number of hydrogen-bond acceptors (Lipinski definition) is 3. The standard InChI is InChI=1S/C10H16O3/c1-2-7-12-10(11)8-13-9-5-3-4-6-9/h2,9H,1,3-8H2. The number of rotatable bonds is 5. The minimum atomic E-state index is -0.299. The van der Waals surface area contributed by atoms with Crippen molar-refractivity contribution >= 4 is 5.97 Å². The average Bonchev–Trinajstić information content (AvgIpc) is 2.64. The van der Waals surface area contributed by atoms with E-state index in [-0.39, 0.29) is 25.3 Å². The van der Waals surface area contributed by atoms with Crippen LogP contribution < -0.4 is 0 Å². The maximum Gasteiger partial charge on any atom is 0.332 e. The molecular weight excluding hydrogens is 168 g/mol. The molecule has 0 aromatic carbocycles. The Morgan fingerprint density at radius 2 is 2.15 bits per heavy atom. The van der Waals surface area contributed by atoms with E-state index >= 15 is 0 Å². The molecule has 0 aromatic heterocycles. The SMILES string of the molecule is C=CCOC(=O)COC1CCCC1. The summed E-state index contributed by atoms with van der Waals surface area (Å²) in [5.41, 5.74) is 0. The Morgan fingerprint density at radius 1 is 1.46 bits per heavy atom. The predicted octanol–water partition coefficient (Wildman–Crippen LogP) is 1.67. The van der Waals surface area contributed by atoms with E-state index in [4.69, 9.17) is 9.47 Å². The van der Waals surface area contributed by atoms with Crippen molar-refractivity contribution in [2.75, 3.05) is 13.2 Å². The number of esters is 1. The maximum atomic E-state index is 11.0. The molecule has 0 spiro atoms. The second-order valence-electron chi connectivity index (χ2n) is 3.19. The van der Waals surface area contributed by atoms with Gasteiger partial charge in [0.1, 0.15) is 13.2 Å². The van der Waals surface area contributed by atoms with Crippen LogP contribution in [0.15, 0.2) is 12.7 Å². The zero-order chi connectivity index (χ0) is 9.52. The molecule has 1 fully saturated rings. The third-order valence-corrected chi connectivity index (χ3v) is 2.10. The second-order valence-corrected chi connectivity index (χ2v) is 3.19. The largest absolute Gasteiger partial charge is 0.460 e. The van der Waals surface area contributed by atoms with Crippen molar-refractivity contribution in [3.05, 3.63) is 12.7 Å². The third kappa shape index (κ3) is 4.08. The van der Waals surface area contributed by atoms with Crippen LogP contribution in [0.25, 0.3) is 0 Å². The molecule has 1 aliphatic rings. The molecule has 74 valence electrons. The van der Waals surface area contributed by atoms with Gasteiger partial charge in [-0.25, -0.2) is 4.79 Å². The molecular formula is C10H16O3. The Hall–Kier alpha value is -0.830. The lowest BCUT2D eigenvalue weighted by Crippen LogP contribution is -2.17. The van der Waals surface area contributed by atoms with Gasteiger partial charge in [0.15, 0.2) is 0 Å². The number of hydrogen-bond donors (Lipinski definition) is 0. The Bertz CT molecular complexity index is 171. The molecule has 0 aliphatic heterocycles. The van der Waals surface area contributed by atoms with Crippen LogP contribution in [0.4, 0.5) is 0 Å². The topological polar surface area (TPSA) is 35.5 Å². The molecule has 0 unspecified atom stereocenters. The Labute approximate surface area is 78.7 Å². The first kappa shape index (κ1) is 10.3. The summed E-state index contributed by atoms with van der Waals surface area (Å²) in [6.07, 6.45) is 6.41. The lowest BCUT2D eigenvalue weighted by atomic mass is 10.3. The highest BCUT2D eigenvalue weighted by Gasteiger charge is 2.16. The van der Waals surface area contributed by atoms with Gasteiger partial charge in [-0.05, 0) is 12.8 Å². The van der Waals surface area contributed by atoms with E-state index in [1.807, 2.05) is 0 Å². The summed E-state index contributed by atoms with van der Waals surface area (Å²) in [6, 6.07) is 0. The first-order valence-electron chi connectivity index (χ1n) is 4.71. The number of ether oxygens (including phenoxy) is 2. The van der Waals surface area contributed by atoms with Gasteiger partial charge in [-0.2, -0.15) is 0 Å². The lowest BCUT2D eigenvalue weighted by molar-refractivity contribution is -0.149. The van der Waals surface area contributed by atoms with Gasteiger partial charge in [0.05, 0.1) is 6.10 Å². The molecule has 0 amide bonds. The van der Waals surface area contributed by atoms with Crippen molar-refractivity contribution in [2.24, 2.45) is 0 Å². The van der Waals surface area contributed by atoms with E-state index < -0.39 is 0 Å². The zero-order valence-corrected chi connectivity index (χ0v) is 7.83. The van der Waals surface area contributed by atoms with Crippen LogP contribution >= 0.6 is 0 Å². The highest BCUT2D eigenvalue weighted by Crippen LogP contribution is 2.20. The van der Waals surface area contributed by atoms with Crippen LogP contribution in [0.2, 0.25) is 0 Å². The zero-order valence-electron chi connectivity index (χ0n) is 7.83. The van der Waals surface area contributed by atoms with Crippen molar-refractivity contribution in [3.63, 3.8) is 0 Å². The molecule has 1 saturated carbocycles. The van der Waals surface area contributed by atoms with Crippen molar-refractivity contribution in [1.82, 2.24) is 0 Å². The summed E-state index contributed by atoms with van der Waals surface area (Å²) in [7, 11) is 0. The fourth-order valence-corrected chi connectivity index (χ4v) is 1.43. The van der Waals surface area contributed by atoms with Gasteiger partial charge in [-0.1, -0.05) is 25.5 Å². The van der Waals surface area contributed by atoms with E-state index in [0.717, 1.165) is 12.8 Å². The van der Waals surface area contributed by atoms with Crippen molar-refractivity contribution in [1.29, 1.82) is 0 Å². The fourth-order valence-electron chi connectivity index (χ4n) is 1.43. The molecule has 3 nitrogen and oxygen atoms in total. The van der Waals surface area contributed by atoms with E-state index in [2.05, 4.69) is 6.58 Å². The summed E-state index contributed by atoms with van der Waals surface area (Å²) in [4.78, 5) is 11.0. The van der Waals surface area contributed by atoms with Crippen LogP contribution in [0, 0.1) is 0 Å². The summed E-state index contributed by atoms with van der Waals surface area (Å²) in [5.74, 6) is -0.299. The predicted molar refractivity (Wildman–Crippen MR) is 49.4 cm³/mol. The third-order valence-electron chi connectivity index (χ3n) is 2.10. The molecule has 0 saturated heterocycles. The van der Waals surface area contributed by atoms with E-state index in [1.54, 1.807) is 6.08 Å². The van der Waals surface area contributed by atoms with Crippen molar-refractivity contribution in [2.45, 2.75) is 31.8 Å². The van der Waals surface area contributed by atoms with Gasteiger partial charge in [-0.15, -0.1) is 0 Å². The lowest BCUT2D eigenvalue weighted by Gasteiger charge is -2.09. The average molecular weight is 184 g/mol. The van der Waals surface area contributed by atoms with Gasteiger partial charge >= 0.3 is 5.97 Å². The summed E-state index contributed by atoms with van der Waals surface area (Å²) < 4.78 is 10.1. The summed E-state index contributed by atoms with van der Waals surface area (Å²) in [6.45, 7) is 3.80. The monoisotopic (exact) mass is 184 g/mol. The van der Waals surface area contributed by atoms with Gasteiger partial charge in [-0.3, -0.25) is 0 Å². The van der Waals surface area contributed by atoms with Crippen LogP contribution in [-0.2, 0) is 14.3 Å². The summed E-state index contributed by atoms with van der Waals surface area (Å²) in [5, 5.41) is 0. The van der Waals surface area contributed by atoms with Crippen LogP contribution in [-0.4, -0.2) is 25.3 Å². The highest BCUT2D eigenvalue weighted by atomic mass is 16.6. The molecule has 0 aromatic rings. The smallest absolute Gasteiger partial charge is 0.332 e. The van der Waals surface area contributed by atoms with E-state index in [0.29, 0.717) is 0 Å². The number of carbonyl (C=O) groups is 1. The van der Waals surface area contributed by atoms with Crippen molar-refractivity contribution < 1.29 is 14.3 Å². The van der Waals surface area contributed by atoms with E-state index in [1.165, 1.54) is 12.8 Å². The molecule has 1 aliphatic carbocycles. The highest BCUT2D eigenvalue weighted by molar-refractivity contribution is 5.70. The van der Waals surface area contributed by atoms with Crippen LogP contribution in [0.3, 0.4) is 0 Å². The quantitative estimate of drug-likeness (QED) is 0.481.